The third-order valence-corrected chi connectivity index (χ3v) is 2.63. The summed E-state index contributed by atoms with van der Waals surface area (Å²) in [4.78, 5) is 0. The van der Waals surface area contributed by atoms with E-state index in [9.17, 15) is 0 Å². The van der Waals surface area contributed by atoms with Gasteiger partial charge in [-0.05, 0) is 25.7 Å². The quantitative estimate of drug-likeness (QED) is 0.284. The normalized spacial score (nSPS) is 7.95. The maximum absolute atomic E-state index is 5.05. The van der Waals surface area contributed by atoms with E-state index < -0.39 is 0 Å². The van der Waals surface area contributed by atoms with Gasteiger partial charge in [-0.3, -0.25) is 0 Å². The molecule has 0 heterocycles. The first-order valence-corrected chi connectivity index (χ1v) is 7.96. The third kappa shape index (κ3) is 52.4. The Labute approximate surface area is 137 Å². The monoisotopic (exact) mass is 323 g/mol. The summed E-state index contributed by atoms with van der Waals surface area (Å²) in [6.07, 6.45) is 14.8. The molecule has 0 aromatic rings. The van der Waals surface area contributed by atoms with Crippen molar-refractivity contribution in [3.05, 3.63) is 38.0 Å². The predicted octanol–water partition coefficient (Wildman–Crippen LogP) is 6.32. The fourth-order valence-electron chi connectivity index (χ4n) is 1.11. The van der Waals surface area contributed by atoms with Gasteiger partial charge in [-0.1, -0.05) is 44.9 Å². The van der Waals surface area contributed by atoms with Gasteiger partial charge in [0.2, 0.25) is 0 Å². The molecule has 0 unspecified atom stereocenters. The summed E-state index contributed by atoms with van der Waals surface area (Å²) >= 11 is 10.1. The Kier molecular flexibility index (Phi) is 50.9. The van der Waals surface area contributed by atoms with Gasteiger partial charge in [-0.25, -0.2) is 0 Å². The van der Waals surface area contributed by atoms with Crippen LogP contribution in [-0.4, -0.2) is 18.3 Å². The van der Waals surface area contributed by atoms with Crippen LogP contribution in [0.5, 0.6) is 0 Å². The Hall–Kier alpha value is -0.240. The summed E-state index contributed by atoms with van der Waals surface area (Å²) in [6, 6.07) is 0. The third-order valence-electron chi connectivity index (χ3n) is 2.05. The highest BCUT2D eigenvalue weighted by Crippen LogP contribution is 2.07. The molecule has 0 radical (unpaired) electrons. The molecular weight excluding hydrogens is 289 g/mol. The van der Waals surface area contributed by atoms with Crippen molar-refractivity contribution in [1.82, 2.24) is 0 Å². The van der Waals surface area contributed by atoms with Crippen LogP contribution in [0.15, 0.2) is 38.0 Å². The van der Waals surface area contributed by atoms with E-state index in [1.807, 2.05) is 12.2 Å². The number of unbranched alkanes of at least 4 members (excludes halogenated alkanes) is 6. The zero-order valence-electron chi connectivity index (χ0n) is 12.3. The Balaban J connectivity index is -0.000000119. The molecule has 0 aromatic carbocycles. The average molecular weight is 324 g/mol. The number of allylic oxidation sites excluding steroid dienone is 2. The number of hydrogen-bond donors (Lipinski definition) is 1. The molecule has 0 aliphatic rings. The van der Waals surface area contributed by atoms with Crippen molar-refractivity contribution < 1.29 is 0 Å². The molecule has 20 heavy (non-hydrogen) atoms. The molecule has 0 aliphatic heterocycles. The molecule has 0 amide bonds. The van der Waals surface area contributed by atoms with Crippen LogP contribution >= 0.6 is 23.2 Å². The molecular formula is C17H35Cl2N. The van der Waals surface area contributed by atoms with Crippen LogP contribution in [0.2, 0.25) is 0 Å². The van der Waals surface area contributed by atoms with E-state index in [1.165, 1.54) is 44.9 Å². The van der Waals surface area contributed by atoms with Gasteiger partial charge in [0.25, 0.3) is 0 Å². The lowest BCUT2D eigenvalue weighted by Crippen LogP contribution is -1.90. The first kappa shape index (κ1) is 28.0. The molecule has 0 bridgehead atoms. The first-order valence-electron chi connectivity index (χ1n) is 6.89. The van der Waals surface area contributed by atoms with Crippen LogP contribution < -0.4 is 5.73 Å². The molecule has 0 saturated carbocycles. The molecule has 122 valence electrons. The lowest BCUT2D eigenvalue weighted by Gasteiger charge is -1.97. The van der Waals surface area contributed by atoms with Crippen LogP contribution in [0.4, 0.5) is 0 Å². The molecule has 2 N–H and O–H groups in total. The Bertz CT molecular complexity index is 156. The lowest BCUT2D eigenvalue weighted by molar-refractivity contribution is 0.622. The van der Waals surface area contributed by atoms with Crippen LogP contribution in [-0.2, 0) is 0 Å². The van der Waals surface area contributed by atoms with Gasteiger partial charge in [0.05, 0.1) is 0 Å². The van der Waals surface area contributed by atoms with Gasteiger partial charge in [0.15, 0.2) is 0 Å². The molecule has 0 saturated heterocycles. The molecule has 3 heteroatoms. The van der Waals surface area contributed by atoms with Crippen molar-refractivity contribution in [3.63, 3.8) is 0 Å². The minimum atomic E-state index is 0. The number of alkyl halides is 2. The zero-order chi connectivity index (χ0) is 15.2. The Morgan fingerprint density at radius 2 is 1.00 bits per heavy atom. The van der Waals surface area contributed by atoms with Crippen molar-refractivity contribution in [2.45, 2.75) is 52.4 Å². The van der Waals surface area contributed by atoms with E-state index in [4.69, 9.17) is 28.9 Å². The van der Waals surface area contributed by atoms with Crippen LogP contribution in [0, 0.1) is 0 Å². The highest BCUT2D eigenvalue weighted by atomic mass is 35.5. The van der Waals surface area contributed by atoms with E-state index in [0.29, 0.717) is 18.3 Å². The Morgan fingerprint density at radius 1 is 0.700 bits per heavy atom. The van der Waals surface area contributed by atoms with E-state index >= 15 is 0 Å². The summed E-state index contributed by atoms with van der Waals surface area (Å²) in [5, 5.41) is 0. The fraction of sp³-hybridized carbons (Fsp3) is 0.647. The van der Waals surface area contributed by atoms with E-state index in [0.717, 1.165) is 0 Å². The predicted molar refractivity (Wildman–Crippen MR) is 100 cm³/mol. The van der Waals surface area contributed by atoms with Gasteiger partial charge in [0, 0.05) is 18.3 Å². The average Bonchev–Trinajstić information content (AvgIpc) is 2.47. The second kappa shape index (κ2) is 36.3. The van der Waals surface area contributed by atoms with Crippen molar-refractivity contribution in [2.75, 3.05) is 18.3 Å². The topological polar surface area (TPSA) is 26.0 Å². The summed E-state index contributed by atoms with van der Waals surface area (Å²) in [7, 11) is 0. The van der Waals surface area contributed by atoms with Crippen LogP contribution in [0.25, 0.3) is 0 Å². The zero-order valence-corrected chi connectivity index (χ0v) is 13.8. The van der Waals surface area contributed by atoms with E-state index in [1.54, 1.807) is 6.08 Å². The van der Waals surface area contributed by atoms with Crippen molar-refractivity contribution in [2.24, 2.45) is 5.73 Å². The number of halogens is 2. The number of hydrogen-bond acceptors (Lipinski definition) is 1. The largest absolute Gasteiger partial charge is 0.327 e. The van der Waals surface area contributed by atoms with Gasteiger partial charge in [-0.15, -0.1) is 42.9 Å². The summed E-state index contributed by atoms with van der Waals surface area (Å²) in [5.74, 6) is 1.11. The van der Waals surface area contributed by atoms with E-state index in [2.05, 4.69) is 19.7 Å². The smallest absolute Gasteiger partial charge is 0.0359 e. The van der Waals surface area contributed by atoms with Crippen LogP contribution in [0.1, 0.15) is 52.4 Å². The summed E-state index contributed by atoms with van der Waals surface area (Å²) in [6.45, 7) is 11.3. The number of nitrogens with two attached hydrogens (primary N) is 1. The SMILES string of the molecule is C.C=CCCCCCCCC=C.C=CCN.ClCCCl. The standard InChI is InChI=1S/C11H20.C3H7N.C2H4Cl2.CH4/c1-3-5-7-9-11-10-8-6-4-2;1-2-3-4;3-1-2-4;/h3-4H,1-2,5-11H2;2H,1,3-4H2;1-2H2;1H4. The molecule has 0 spiro atoms. The molecule has 0 aromatic heterocycles. The van der Waals surface area contributed by atoms with Crippen molar-refractivity contribution >= 4 is 23.2 Å². The Morgan fingerprint density at radius 3 is 1.20 bits per heavy atom. The molecule has 0 fully saturated rings. The second-order valence-electron chi connectivity index (χ2n) is 3.82. The molecule has 0 aliphatic carbocycles. The molecule has 0 atom stereocenters. The minimum absolute atomic E-state index is 0. The second-order valence-corrected chi connectivity index (χ2v) is 4.58. The molecule has 1 nitrogen and oxygen atoms in total. The highest BCUT2D eigenvalue weighted by molar-refractivity contribution is 6.25. The maximum atomic E-state index is 5.05. The van der Waals surface area contributed by atoms with Gasteiger partial charge in [-0.2, -0.15) is 0 Å². The summed E-state index contributed by atoms with van der Waals surface area (Å²) < 4.78 is 0. The van der Waals surface area contributed by atoms with Crippen molar-refractivity contribution in [1.29, 1.82) is 0 Å². The minimum Gasteiger partial charge on any atom is -0.327 e. The fourth-order valence-corrected chi connectivity index (χ4v) is 1.11. The van der Waals surface area contributed by atoms with Gasteiger partial charge in [0.1, 0.15) is 0 Å². The van der Waals surface area contributed by atoms with E-state index in [-0.39, 0.29) is 7.43 Å². The maximum Gasteiger partial charge on any atom is 0.0359 e. The first-order chi connectivity index (χ1) is 9.24. The highest BCUT2D eigenvalue weighted by Gasteiger charge is 1.87. The van der Waals surface area contributed by atoms with Crippen LogP contribution in [0.3, 0.4) is 0 Å². The number of rotatable bonds is 10. The lowest BCUT2D eigenvalue weighted by atomic mass is 10.1. The molecule has 0 rings (SSSR count). The summed E-state index contributed by atoms with van der Waals surface area (Å²) in [5.41, 5.74) is 4.91. The van der Waals surface area contributed by atoms with Gasteiger partial charge < -0.3 is 5.73 Å². The van der Waals surface area contributed by atoms with Crippen molar-refractivity contribution in [3.8, 4) is 0 Å². The van der Waals surface area contributed by atoms with Gasteiger partial charge >= 0.3 is 0 Å².